The molecular weight excluding hydrogens is 226 g/mol. The summed E-state index contributed by atoms with van der Waals surface area (Å²) in [5.41, 5.74) is 0. The van der Waals surface area contributed by atoms with Crippen LogP contribution in [0.4, 0.5) is 13.2 Å². The van der Waals surface area contributed by atoms with Gasteiger partial charge >= 0.3 is 25.0 Å². The zero-order valence-corrected chi connectivity index (χ0v) is 8.58. The first-order valence-electron chi connectivity index (χ1n) is 3.93. The van der Waals surface area contributed by atoms with Crippen LogP contribution in [0.1, 0.15) is 6.92 Å². The summed E-state index contributed by atoms with van der Waals surface area (Å²) in [6.45, 7) is 0.120. The Morgan fingerprint density at radius 1 is 1.44 bits per heavy atom. The second-order valence-electron chi connectivity index (χ2n) is 2.99. The maximum atomic E-state index is 12.3. The Hall–Kier alpha value is -0.713. The Balaban J connectivity index is 0.00000225. The summed E-state index contributed by atoms with van der Waals surface area (Å²) in [6, 6.07) is -1.69. The first-order chi connectivity index (χ1) is 6.75. The summed E-state index contributed by atoms with van der Waals surface area (Å²) in [5, 5.41) is 10.4. The van der Waals surface area contributed by atoms with Crippen LogP contribution in [0.2, 0.25) is 0 Å². The van der Waals surface area contributed by atoms with Gasteiger partial charge in [0.1, 0.15) is 0 Å². The van der Waals surface area contributed by atoms with Gasteiger partial charge in [0.05, 0.1) is 18.6 Å². The predicted octanol–water partition coefficient (Wildman–Crippen LogP) is -4.12. The Bertz CT molecular complexity index is 296. The molecule has 0 spiro atoms. The number of alkyl halides is 3. The van der Waals surface area contributed by atoms with E-state index in [4.69, 9.17) is 0 Å². The molecule has 0 aromatic heterocycles. The molecule has 1 amide bonds. The second kappa shape index (κ2) is 5.08. The summed E-state index contributed by atoms with van der Waals surface area (Å²) in [6.07, 6.45) is -7.31. The van der Waals surface area contributed by atoms with E-state index in [1.165, 1.54) is 0 Å². The van der Waals surface area contributed by atoms with Crippen LogP contribution < -0.4 is 24.0 Å². The number of hydrogen-bond acceptors (Lipinski definition) is 4. The molecule has 1 heterocycles. The normalized spacial score (nSPS) is 25.1. The van der Waals surface area contributed by atoms with E-state index in [1.54, 1.807) is 0 Å². The number of ether oxygens (including phenoxy) is 1. The number of amides is 1. The fourth-order valence-electron chi connectivity index (χ4n) is 1.32. The zero-order valence-electron chi connectivity index (χ0n) is 8.58. The van der Waals surface area contributed by atoms with Crippen LogP contribution in [0.25, 0.3) is 0 Å². The minimum absolute atomic E-state index is 0. The van der Waals surface area contributed by atoms with Gasteiger partial charge in [0.2, 0.25) is 12.1 Å². The van der Waals surface area contributed by atoms with Crippen LogP contribution in [-0.4, -0.2) is 41.8 Å². The third kappa shape index (κ3) is 2.90. The number of carboxylic acids is 1. The van der Waals surface area contributed by atoms with E-state index in [0.717, 1.165) is 6.92 Å². The fourth-order valence-corrected chi connectivity index (χ4v) is 1.32. The van der Waals surface area contributed by atoms with Crippen LogP contribution in [0.5, 0.6) is 0 Å². The first-order valence-corrected chi connectivity index (χ1v) is 3.93. The molecule has 1 fully saturated rings. The van der Waals surface area contributed by atoms with Crippen molar-refractivity contribution < 1.29 is 51.5 Å². The predicted molar refractivity (Wildman–Crippen MR) is 37.1 cm³/mol. The molecule has 1 rings (SSSR count). The van der Waals surface area contributed by atoms with E-state index in [0.29, 0.717) is 0 Å². The average molecular weight is 233 g/mol. The molecule has 0 aromatic carbocycles. The van der Waals surface area contributed by atoms with E-state index in [9.17, 15) is 27.9 Å². The molecule has 0 aliphatic carbocycles. The molecule has 0 radical (unpaired) electrons. The van der Waals surface area contributed by atoms with Gasteiger partial charge in [0.25, 0.3) is 0 Å². The van der Waals surface area contributed by atoms with Crippen molar-refractivity contribution in [2.75, 3.05) is 6.61 Å². The molecule has 1 aliphatic rings. The largest absolute Gasteiger partial charge is 1.00 e. The van der Waals surface area contributed by atoms with Crippen molar-refractivity contribution in [3.8, 4) is 0 Å². The van der Waals surface area contributed by atoms with E-state index >= 15 is 0 Å². The van der Waals surface area contributed by atoms with Crippen LogP contribution in [0.15, 0.2) is 0 Å². The molecule has 1 aliphatic heterocycles. The molecule has 16 heavy (non-hydrogen) atoms. The molecule has 0 saturated carbocycles. The fraction of sp³-hybridized carbons (Fsp3) is 0.714. The first kappa shape index (κ1) is 15.3. The van der Waals surface area contributed by atoms with Crippen molar-refractivity contribution in [1.82, 2.24) is 4.90 Å². The number of rotatable bonds is 1. The third-order valence-electron chi connectivity index (χ3n) is 1.92. The molecule has 5 nitrogen and oxygen atoms in total. The average Bonchev–Trinajstić information content (AvgIpc) is 2.45. The smallest absolute Gasteiger partial charge is 0.548 e. The van der Waals surface area contributed by atoms with E-state index in [1.807, 2.05) is 0 Å². The number of carbonyl (C=O) groups is 2. The van der Waals surface area contributed by atoms with Gasteiger partial charge in [0, 0.05) is 6.92 Å². The minimum atomic E-state index is -4.81. The van der Waals surface area contributed by atoms with Gasteiger partial charge in [-0.2, -0.15) is 13.2 Å². The molecule has 9 heteroatoms. The number of carbonyl (C=O) groups excluding carboxylic acids is 2. The molecule has 86 valence electrons. The Morgan fingerprint density at radius 3 is 2.25 bits per heavy atom. The van der Waals surface area contributed by atoms with Gasteiger partial charge in [-0.1, -0.05) is 0 Å². The SMILES string of the molecule is CC(=O)N1[C@H](C(F)(F)F)OC[C@H]1C(=O)[O-].[Li+]. The number of hydrogen-bond donors (Lipinski definition) is 0. The van der Waals surface area contributed by atoms with Gasteiger partial charge in [0.15, 0.2) is 0 Å². The maximum Gasteiger partial charge on any atom is 1.00 e. The summed E-state index contributed by atoms with van der Waals surface area (Å²) < 4.78 is 41.1. The third-order valence-corrected chi connectivity index (χ3v) is 1.92. The standard InChI is InChI=1S/C7H8F3NO4.Li/c1-3(12)11-4(5(13)14)2-15-6(11)7(8,9)10;/h4,6H,2H2,1H3,(H,13,14);/q;+1/p-1/t4-,6-;/m0./s1. The quantitative estimate of drug-likeness (QED) is 0.431. The number of nitrogens with zero attached hydrogens (tertiary/aromatic N) is 1. The van der Waals surface area contributed by atoms with Gasteiger partial charge in [-0.25, -0.2) is 0 Å². The monoisotopic (exact) mass is 233 g/mol. The molecular formula is C7H7F3LiNO4. The molecule has 0 aromatic rings. The molecule has 0 unspecified atom stereocenters. The number of aliphatic carboxylic acids is 1. The van der Waals surface area contributed by atoms with E-state index in [2.05, 4.69) is 4.74 Å². The zero-order chi connectivity index (χ0) is 11.8. The Kier molecular flexibility index (Phi) is 4.85. The molecule has 2 atom stereocenters. The summed E-state index contributed by atoms with van der Waals surface area (Å²) in [7, 11) is 0. The van der Waals surface area contributed by atoms with Crippen LogP contribution >= 0.6 is 0 Å². The minimum Gasteiger partial charge on any atom is -0.548 e. The van der Waals surface area contributed by atoms with E-state index < -0.39 is 36.9 Å². The van der Waals surface area contributed by atoms with Crippen molar-refractivity contribution in [1.29, 1.82) is 0 Å². The van der Waals surface area contributed by atoms with E-state index in [-0.39, 0.29) is 23.8 Å². The van der Waals surface area contributed by atoms with Gasteiger partial charge in [-0.3, -0.25) is 9.69 Å². The maximum absolute atomic E-state index is 12.3. The Morgan fingerprint density at radius 2 is 1.94 bits per heavy atom. The topological polar surface area (TPSA) is 69.7 Å². The van der Waals surface area contributed by atoms with Gasteiger partial charge < -0.3 is 14.6 Å². The van der Waals surface area contributed by atoms with Crippen molar-refractivity contribution >= 4 is 11.9 Å². The molecule has 0 bridgehead atoms. The number of halogens is 3. The summed E-state index contributed by atoms with van der Waals surface area (Å²) in [5.74, 6) is -2.79. The second-order valence-corrected chi connectivity index (χ2v) is 2.99. The summed E-state index contributed by atoms with van der Waals surface area (Å²) >= 11 is 0. The van der Waals surface area contributed by atoms with Crippen LogP contribution in [0, 0.1) is 0 Å². The molecule has 0 N–H and O–H groups in total. The van der Waals surface area contributed by atoms with Crippen molar-refractivity contribution in [2.24, 2.45) is 0 Å². The van der Waals surface area contributed by atoms with Gasteiger partial charge in [-0.05, 0) is 0 Å². The van der Waals surface area contributed by atoms with Crippen LogP contribution in [0.3, 0.4) is 0 Å². The van der Waals surface area contributed by atoms with Crippen LogP contribution in [-0.2, 0) is 14.3 Å². The van der Waals surface area contributed by atoms with Crippen molar-refractivity contribution in [2.45, 2.75) is 25.4 Å². The van der Waals surface area contributed by atoms with Gasteiger partial charge in [-0.15, -0.1) is 0 Å². The molecule has 1 saturated heterocycles. The Labute approximate surface area is 101 Å². The summed E-state index contributed by atoms with van der Waals surface area (Å²) in [4.78, 5) is 21.4. The van der Waals surface area contributed by atoms with Crippen molar-refractivity contribution in [3.63, 3.8) is 0 Å². The number of carboxylic acid groups (broad SMARTS) is 1. The van der Waals surface area contributed by atoms with Crippen molar-refractivity contribution in [3.05, 3.63) is 0 Å².